The van der Waals surface area contributed by atoms with Gasteiger partial charge in [-0.3, -0.25) is 4.99 Å². The van der Waals surface area contributed by atoms with Gasteiger partial charge < -0.3 is 4.74 Å². The monoisotopic (exact) mass is 471 g/mol. The molecule has 3 rings (SSSR count). The summed E-state index contributed by atoms with van der Waals surface area (Å²) in [6.45, 7) is 4.72. The zero-order valence-electron chi connectivity index (χ0n) is 14.7. The molecule has 0 saturated heterocycles. The van der Waals surface area contributed by atoms with Crippen LogP contribution < -0.4 is 4.74 Å². The molecule has 0 heterocycles. The predicted molar refractivity (Wildman–Crippen MR) is 116 cm³/mol. The number of halogens is 2. The van der Waals surface area contributed by atoms with Crippen LogP contribution in [-0.2, 0) is 6.61 Å². The summed E-state index contributed by atoms with van der Waals surface area (Å²) in [5.74, 6) is 0.836. The van der Waals surface area contributed by atoms with E-state index >= 15 is 0 Å². The molecule has 2 nitrogen and oxygen atoms in total. The van der Waals surface area contributed by atoms with Gasteiger partial charge in [0.2, 0.25) is 0 Å². The van der Waals surface area contributed by atoms with Crippen molar-refractivity contribution in [1.82, 2.24) is 0 Å². The summed E-state index contributed by atoms with van der Waals surface area (Å²) in [4.78, 5) is 4.55. The number of hydrogen-bond acceptors (Lipinski definition) is 2. The van der Waals surface area contributed by atoms with Gasteiger partial charge in [0.05, 0.1) is 5.69 Å². The molecule has 26 heavy (non-hydrogen) atoms. The van der Waals surface area contributed by atoms with Crippen LogP contribution in [0.1, 0.15) is 22.3 Å². The molecule has 0 amide bonds. The van der Waals surface area contributed by atoms with Crippen LogP contribution in [0, 0.1) is 13.8 Å². The first kappa shape index (κ1) is 18.9. The van der Waals surface area contributed by atoms with E-state index in [9.17, 15) is 0 Å². The number of rotatable bonds is 5. The lowest BCUT2D eigenvalue weighted by Gasteiger charge is -2.08. The molecule has 4 heteroatoms. The normalized spacial score (nSPS) is 11.1. The zero-order valence-corrected chi connectivity index (χ0v) is 17.8. The van der Waals surface area contributed by atoms with Crippen LogP contribution in [0.5, 0.6) is 5.75 Å². The lowest BCUT2D eigenvalue weighted by molar-refractivity contribution is 0.305. The van der Waals surface area contributed by atoms with Crippen LogP contribution in [-0.4, -0.2) is 6.21 Å². The van der Waals surface area contributed by atoms with Gasteiger partial charge in [0.1, 0.15) is 12.4 Å². The fourth-order valence-corrected chi connectivity index (χ4v) is 3.57. The van der Waals surface area contributed by atoms with Crippen molar-refractivity contribution in [3.05, 3.63) is 91.9 Å². The Bertz CT molecular complexity index is 933. The summed E-state index contributed by atoms with van der Waals surface area (Å²) in [5, 5.41) is 0. The number of nitrogens with zero attached hydrogens (tertiary/aromatic N) is 1. The SMILES string of the molecule is Cc1ccc(N=Cc2ccc(OCc3ccc(Br)cc3Br)cc2)cc1C. The van der Waals surface area contributed by atoms with E-state index in [2.05, 4.69) is 62.8 Å². The highest BCUT2D eigenvalue weighted by Gasteiger charge is 2.02. The van der Waals surface area contributed by atoms with Crippen molar-refractivity contribution in [3.8, 4) is 5.75 Å². The second-order valence-electron chi connectivity index (χ2n) is 6.12. The van der Waals surface area contributed by atoms with Gasteiger partial charge in [-0.15, -0.1) is 0 Å². The molecule has 0 atom stereocenters. The quantitative estimate of drug-likeness (QED) is 0.361. The van der Waals surface area contributed by atoms with E-state index in [-0.39, 0.29) is 0 Å². The van der Waals surface area contributed by atoms with Crippen molar-refractivity contribution in [2.24, 2.45) is 4.99 Å². The maximum absolute atomic E-state index is 5.87. The molecule has 0 aliphatic rings. The lowest BCUT2D eigenvalue weighted by Crippen LogP contribution is -1.96. The molecule has 0 aromatic heterocycles. The number of hydrogen-bond donors (Lipinski definition) is 0. The molecule has 132 valence electrons. The van der Waals surface area contributed by atoms with Crippen molar-refractivity contribution >= 4 is 43.8 Å². The highest BCUT2D eigenvalue weighted by atomic mass is 79.9. The van der Waals surface area contributed by atoms with E-state index in [0.29, 0.717) is 6.61 Å². The van der Waals surface area contributed by atoms with Crippen molar-refractivity contribution in [2.75, 3.05) is 0 Å². The molecule has 0 unspecified atom stereocenters. The average Bonchev–Trinajstić information content (AvgIpc) is 2.63. The Morgan fingerprint density at radius 3 is 2.35 bits per heavy atom. The maximum atomic E-state index is 5.87. The third kappa shape index (κ3) is 5.05. The van der Waals surface area contributed by atoms with E-state index in [0.717, 1.165) is 31.5 Å². The van der Waals surface area contributed by atoms with Crippen molar-refractivity contribution in [3.63, 3.8) is 0 Å². The van der Waals surface area contributed by atoms with Crippen LogP contribution in [0.15, 0.2) is 74.6 Å². The highest BCUT2D eigenvalue weighted by molar-refractivity contribution is 9.11. The lowest BCUT2D eigenvalue weighted by atomic mass is 10.1. The molecule has 3 aromatic rings. The molecule has 0 aliphatic carbocycles. The number of aliphatic imine (C=N–C) groups is 1. The van der Waals surface area contributed by atoms with Crippen LogP contribution in [0.4, 0.5) is 5.69 Å². The minimum Gasteiger partial charge on any atom is -0.489 e. The summed E-state index contributed by atoms with van der Waals surface area (Å²) in [5.41, 5.74) is 5.65. The van der Waals surface area contributed by atoms with Gasteiger partial charge in [-0.05, 0) is 79.1 Å². The first-order chi connectivity index (χ1) is 12.5. The second-order valence-corrected chi connectivity index (χ2v) is 7.89. The summed E-state index contributed by atoms with van der Waals surface area (Å²) < 4.78 is 7.94. The Labute approximate surface area is 171 Å². The minimum absolute atomic E-state index is 0.518. The number of benzene rings is 3. The van der Waals surface area contributed by atoms with Gasteiger partial charge in [-0.25, -0.2) is 0 Å². The van der Waals surface area contributed by atoms with E-state index in [4.69, 9.17) is 4.74 Å². The van der Waals surface area contributed by atoms with Gasteiger partial charge in [-0.1, -0.05) is 44.0 Å². The Balaban J connectivity index is 1.62. The molecule has 3 aromatic carbocycles. The Morgan fingerprint density at radius 2 is 1.65 bits per heavy atom. The topological polar surface area (TPSA) is 21.6 Å². The third-order valence-electron chi connectivity index (χ3n) is 4.14. The molecule has 0 saturated carbocycles. The fraction of sp³-hybridized carbons (Fsp3) is 0.136. The van der Waals surface area contributed by atoms with Crippen LogP contribution in [0.2, 0.25) is 0 Å². The Hall–Kier alpha value is -1.91. The summed E-state index contributed by atoms with van der Waals surface area (Å²) in [6.07, 6.45) is 1.87. The van der Waals surface area contributed by atoms with Gasteiger partial charge in [0.25, 0.3) is 0 Å². The second kappa shape index (κ2) is 8.65. The first-order valence-corrected chi connectivity index (χ1v) is 9.88. The number of aryl methyl sites for hydroxylation is 2. The summed E-state index contributed by atoms with van der Waals surface area (Å²) in [6, 6.07) is 20.3. The molecular weight excluding hydrogens is 454 g/mol. The van der Waals surface area contributed by atoms with Crippen LogP contribution >= 0.6 is 31.9 Å². The summed E-state index contributed by atoms with van der Waals surface area (Å²) >= 11 is 7.01. The molecule has 0 radical (unpaired) electrons. The van der Waals surface area contributed by atoms with E-state index in [1.165, 1.54) is 11.1 Å². The van der Waals surface area contributed by atoms with Gasteiger partial charge in [-0.2, -0.15) is 0 Å². The largest absolute Gasteiger partial charge is 0.489 e. The van der Waals surface area contributed by atoms with E-state index in [1.54, 1.807) is 0 Å². The average molecular weight is 473 g/mol. The van der Waals surface area contributed by atoms with E-state index in [1.807, 2.05) is 54.7 Å². The van der Waals surface area contributed by atoms with Gasteiger partial charge in [0.15, 0.2) is 0 Å². The smallest absolute Gasteiger partial charge is 0.119 e. The Kier molecular flexibility index (Phi) is 6.28. The fourth-order valence-electron chi connectivity index (χ4n) is 2.40. The van der Waals surface area contributed by atoms with Crippen LogP contribution in [0.25, 0.3) is 0 Å². The minimum atomic E-state index is 0.518. The molecular formula is C22H19Br2NO. The molecule has 0 aliphatic heterocycles. The number of ether oxygens (including phenoxy) is 1. The third-order valence-corrected chi connectivity index (χ3v) is 5.37. The van der Waals surface area contributed by atoms with Gasteiger partial charge >= 0.3 is 0 Å². The first-order valence-electron chi connectivity index (χ1n) is 8.29. The van der Waals surface area contributed by atoms with Crippen molar-refractivity contribution in [2.45, 2.75) is 20.5 Å². The standard InChI is InChI=1S/C22H19Br2NO/c1-15-3-8-20(11-16(15)2)25-13-17-4-9-21(10-5-17)26-14-18-6-7-19(23)12-22(18)24/h3-13H,14H2,1-2H3. The van der Waals surface area contributed by atoms with Crippen molar-refractivity contribution in [1.29, 1.82) is 0 Å². The maximum Gasteiger partial charge on any atom is 0.119 e. The van der Waals surface area contributed by atoms with Gasteiger partial charge in [0, 0.05) is 20.7 Å². The highest BCUT2D eigenvalue weighted by Crippen LogP contribution is 2.24. The van der Waals surface area contributed by atoms with E-state index < -0.39 is 0 Å². The molecule has 0 bridgehead atoms. The molecule has 0 N–H and O–H groups in total. The Morgan fingerprint density at radius 1 is 0.885 bits per heavy atom. The zero-order chi connectivity index (χ0) is 18.5. The molecule has 0 spiro atoms. The molecule has 0 fully saturated rings. The predicted octanol–water partition coefficient (Wildman–Crippen LogP) is 7.16. The van der Waals surface area contributed by atoms with Crippen LogP contribution in [0.3, 0.4) is 0 Å². The summed E-state index contributed by atoms with van der Waals surface area (Å²) in [7, 11) is 0. The van der Waals surface area contributed by atoms with Crippen molar-refractivity contribution < 1.29 is 4.74 Å².